The Hall–Kier alpha value is -1.49. The Kier molecular flexibility index (Phi) is 2.18. The van der Waals surface area contributed by atoms with Gasteiger partial charge in [-0.1, -0.05) is 18.2 Å². The summed E-state index contributed by atoms with van der Waals surface area (Å²) < 4.78 is 0. The minimum absolute atomic E-state index is 0.359. The molecule has 0 spiro atoms. The molecule has 1 aliphatic heterocycles. The number of hydrogen-bond donors (Lipinski definition) is 1. The smallest absolute Gasteiger partial charge is 0.212 e. The van der Waals surface area contributed by atoms with Gasteiger partial charge in [0.1, 0.15) is 0 Å². The molecule has 0 unspecified atom stereocenters. The van der Waals surface area contributed by atoms with Gasteiger partial charge in [-0.05, 0) is 16.5 Å². The third kappa shape index (κ3) is 1.50. The molecule has 0 atom stereocenters. The van der Waals surface area contributed by atoms with Crippen LogP contribution in [-0.2, 0) is 0 Å². The molecule has 13 heavy (non-hydrogen) atoms. The van der Waals surface area contributed by atoms with E-state index in [1.54, 1.807) is 0 Å². The average molecular weight is 196 g/mol. The van der Waals surface area contributed by atoms with E-state index in [1.807, 2.05) is 24.3 Å². The lowest BCUT2D eigenvalue weighted by Crippen LogP contribution is -1.93. The molecule has 1 aromatic rings. The lowest BCUT2D eigenvalue weighted by Gasteiger charge is -2.06. The minimum Gasteiger partial charge on any atom is -0.298 e. The zero-order valence-electron chi connectivity index (χ0n) is 6.55. The number of anilines is 1. The third-order valence-electron chi connectivity index (χ3n) is 1.70. The maximum atomic E-state index is 5.52. The summed E-state index contributed by atoms with van der Waals surface area (Å²) in [6.07, 6.45) is -0.359. The molecular weight excluding hydrogens is 190 g/mol. The second kappa shape index (κ2) is 3.49. The highest BCUT2D eigenvalue weighted by molar-refractivity contribution is 6.24. The zero-order chi connectivity index (χ0) is 9.10. The van der Waals surface area contributed by atoms with Crippen LogP contribution in [0.25, 0.3) is 0 Å². The van der Waals surface area contributed by atoms with Crippen LogP contribution in [0.2, 0.25) is 0 Å². The SMILES string of the molecule is ClNc1ccccc1C1N=NN=N1. The van der Waals surface area contributed by atoms with Gasteiger partial charge in [-0.3, -0.25) is 4.84 Å². The maximum Gasteiger partial charge on any atom is 0.212 e. The molecule has 1 aliphatic rings. The van der Waals surface area contributed by atoms with Crippen molar-refractivity contribution in [2.75, 3.05) is 4.84 Å². The van der Waals surface area contributed by atoms with Crippen LogP contribution < -0.4 is 4.84 Å². The van der Waals surface area contributed by atoms with E-state index < -0.39 is 0 Å². The van der Waals surface area contributed by atoms with E-state index in [0.717, 1.165) is 11.3 Å². The Labute approximate surface area is 79.6 Å². The molecule has 0 aromatic heterocycles. The van der Waals surface area contributed by atoms with Gasteiger partial charge in [0.25, 0.3) is 0 Å². The molecule has 0 fully saturated rings. The zero-order valence-corrected chi connectivity index (χ0v) is 7.31. The molecule has 5 nitrogen and oxygen atoms in total. The summed E-state index contributed by atoms with van der Waals surface area (Å²) in [4.78, 5) is 2.54. The first kappa shape index (κ1) is 8.12. The summed E-state index contributed by atoms with van der Waals surface area (Å²) in [6, 6.07) is 7.47. The first-order valence-electron chi connectivity index (χ1n) is 3.67. The molecule has 1 N–H and O–H groups in total. The number of nitrogens with zero attached hydrogens (tertiary/aromatic N) is 4. The van der Waals surface area contributed by atoms with Crippen LogP contribution >= 0.6 is 11.8 Å². The normalized spacial score (nSPS) is 15.2. The van der Waals surface area contributed by atoms with Crippen molar-refractivity contribution >= 4 is 17.5 Å². The summed E-state index contributed by atoms with van der Waals surface area (Å²) in [5.74, 6) is 0. The van der Waals surface area contributed by atoms with Gasteiger partial charge >= 0.3 is 0 Å². The van der Waals surface area contributed by atoms with Gasteiger partial charge in [0.2, 0.25) is 6.17 Å². The highest BCUT2D eigenvalue weighted by Crippen LogP contribution is 2.30. The number of hydrogen-bond acceptors (Lipinski definition) is 5. The first-order chi connectivity index (χ1) is 6.42. The van der Waals surface area contributed by atoms with Crippen molar-refractivity contribution in [1.82, 2.24) is 0 Å². The molecule has 0 saturated carbocycles. The Bertz CT molecular complexity index is 350. The Morgan fingerprint density at radius 3 is 2.54 bits per heavy atom. The number of benzene rings is 1. The molecule has 0 amide bonds. The number of halogens is 1. The van der Waals surface area contributed by atoms with E-state index in [-0.39, 0.29) is 6.17 Å². The standard InChI is InChI=1S/C7H6ClN5/c8-9-6-4-2-1-3-5(6)7-10-12-13-11-7/h1-4,7,9H. The topological polar surface area (TPSA) is 61.5 Å². The fourth-order valence-electron chi connectivity index (χ4n) is 1.10. The lowest BCUT2D eigenvalue weighted by molar-refractivity contribution is 0.767. The van der Waals surface area contributed by atoms with Crippen molar-refractivity contribution in [3.05, 3.63) is 29.8 Å². The summed E-state index contributed by atoms with van der Waals surface area (Å²) in [7, 11) is 0. The van der Waals surface area contributed by atoms with Gasteiger partial charge in [-0.2, -0.15) is 0 Å². The monoisotopic (exact) mass is 195 g/mol. The highest BCUT2D eigenvalue weighted by atomic mass is 35.5. The van der Waals surface area contributed by atoms with E-state index in [9.17, 15) is 0 Å². The maximum absolute atomic E-state index is 5.52. The predicted octanol–water partition coefficient (Wildman–Crippen LogP) is 3.08. The van der Waals surface area contributed by atoms with Crippen molar-refractivity contribution in [3.63, 3.8) is 0 Å². The highest BCUT2D eigenvalue weighted by Gasteiger charge is 2.15. The van der Waals surface area contributed by atoms with Gasteiger partial charge in [-0.15, -0.1) is 10.2 Å². The van der Waals surface area contributed by atoms with Gasteiger partial charge in [0, 0.05) is 17.3 Å². The molecule has 66 valence electrons. The number of nitrogens with one attached hydrogen (secondary N) is 1. The molecule has 0 radical (unpaired) electrons. The fraction of sp³-hybridized carbons (Fsp3) is 0.143. The average Bonchev–Trinajstić information content (AvgIpc) is 2.70. The molecular formula is C7H6ClN5. The van der Waals surface area contributed by atoms with Crippen molar-refractivity contribution < 1.29 is 0 Å². The van der Waals surface area contributed by atoms with Gasteiger partial charge in [0.15, 0.2) is 0 Å². The van der Waals surface area contributed by atoms with Crippen LogP contribution in [0, 0.1) is 0 Å². The van der Waals surface area contributed by atoms with E-state index in [4.69, 9.17) is 11.8 Å². The molecule has 0 aliphatic carbocycles. The molecule has 6 heteroatoms. The van der Waals surface area contributed by atoms with E-state index in [1.165, 1.54) is 0 Å². The van der Waals surface area contributed by atoms with Crippen LogP contribution in [0.5, 0.6) is 0 Å². The molecule has 0 saturated heterocycles. The quantitative estimate of drug-likeness (QED) is 0.725. The van der Waals surface area contributed by atoms with Crippen LogP contribution in [0.15, 0.2) is 44.9 Å². The van der Waals surface area contributed by atoms with Crippen LogP contribution in [-0.4, -0.2) is 0 Å². The summed E-state index contributed by atoms with van der Waals surface area (Å²) >= 11 is 5.52. The molecule has 0 bridgehead atoms. The lowest BCUT2D eigenvalue weighted by atomic mass is 10.1. The molecule has 1 aromatic carbocycles. The summed E-state index contributed by atoms with van der Waals surface area (Å²) in [5.41, 5.74) is 1.64. The second-order valence-electron chi connectivity index (χ2n) is 2.47. The van der Waals surface area contributed by atoms with E-state index in [0.29, 0.717) is 0 Å². The fourth-order valence-corrected chi connectivity index (χ4v) is 1.27. The second-order valence-corrected chi connectivity index (χ2v) is 2.65. The molecule has 2 rings (SSSR count). The van der Waals surface area contributed by atoms with Crippen molar-refractivity contribution in [2.24, 2.45) is 20.7 Å². The van der Waals surface area contributed by atoms with Crippen LogP contribution in [0.3, 0.4) is 0 Å². The van der Waals surface area contributed by atoms with Gasteiger partial charge in [0.05, 0.1) is 5.69 Å². The Balaban J connectivity index is 2.38. The first-order valence-corrected chi connectivity index (χ1v) is 4.05. The largest absolute Gasteiger partial charge is 0.298 e. The van der Waals surface area contributed by atoms with Crippen molar-refractivity contribution in [2.45, 2.75) is 6.17 Å². The van der Waals surface area contributed by atoms with Crippen LogP contribution in [0.4, 0.5) is 5.69 Å². The Morgan fingerprint density at radius 2 is 1.85 bits per heavy atom. The summed E-state index contributed by atoms with van der Waals surface area (Å²) in [6.45, 7) is 0. The predicted molar refractivity (Wildman–Crippen MR) is 48.4 cm³/mol. The molecule has 1 heterocycles. The van der Waals surface area contributed by atoms with Crippen molar-refractivity contribution in [3.8, 4) is 0 Å². The summed E-state index contributed by atoms with van der Waals surface area (Å²) in [5, 5.41) is 14.5. The number of para-hydroxylation sites is 1. The minimum atomic E-state index is -0.359. The van der Waals surface area contributed by atoms with Crippen LogP contribution in [0.1, 0.15) is 11.7 Å². The van der Waals surface area contributed by atoms with Gasteiger partial charge in [-0.25, -0.2) is 0 Å². The number of rotatable bonds is 2. The van der Waals surface area contributed by atoms with E-state index in [2.05, 4.69) is 25.5 Å². The van der Waals surface area contributed by atoms with Crippen molar-refractivity contribution in [1.29, 1.82) is 0 Å². The third-order valence-corrected chi connectivity index (χ3v) is 1.91. The Morgan fingerprint density at radius 1 is 1.15 bits per heavy atom. The van der Waals surface area contributed by atoms with Gasteiger partial charge < -0.3 is 0 Å². The van der Waals surface area contributed by atoms with E-state index >= 15 is 0 Å².